The molecule has 0 aliphatic rings. The van der Waals surface area contributed by atoms with Crippen molar-refractivity contribution in [2.24, 2.45) is 0 Å². The first-order valence-corrected chi connectivity index (χ1v) is 7.63. The quantitative estimate of drug-likeness (QED) is 0.837. The number of benzene rings is 2. The highest BCUT2D eigenvalue weighted by atomic mass is 79.9. The zero-order valence-corrected chi connectivity index (χ0v) is 14.1. The van der Waals surface area contributed by atoms with Crippen LogP contribution in [0.5, 0.6) is 0 Å². The molecule has 0 aliphatic carbocycles. The van der Waals surface area contributed by atoms with Gasteiger partial charge in [0, 0.05) is 29.8 Å². The second-order valence-corrected chi connectivity index (χ2v) is 5.79. The molecule has 0 aromatic heterocycles. The number of rotatable bonds is 4. The number of nitrogens with zero attached hydrogens (tertiary/aromatic N) is 2. The highest BCUT2D eigenvalue weighted by Gasteiger charge is 2.19. The van der Waals surface area contributed by atoms with Crippen molar-refractivity contribution in [1.29, 1.82) is 0 Å². The van der Waals surface area contributed by atoms with E-state index in [0.717, 1.165) is 10.2 Å². The fourth-order valence-corrected chi connectivity index (χ4v) is 2.45. The Hall–Kier alpha value is -2.14. The van der Waals surface area contributed by atoms with Gasteiger partial charge in [0.25, 0.3) is 0 Å². The molecule has 0 atom stereocenters. The first-order chi connectivity index (χ1) is 10.5. The summed E-state index contributed by atoms with van der Waals surface area (Å²) in [5, 5.41) is 0. The lowest BCUT2D eigenvalue weighted by Crippen LogP contribution is -2.40. The summed E-state index contributed by atoms with van der Waals surface area (Å²) in [6.07, 6.45) is 0. The van der Waals surface area contributed by atoms with Crippen LogP contribution in [-0.4, -0.2) is 25.4 Å². The van der Waals surface area contributed by atoms with Crippen LogP contribution in [0.2, 0.25) is 0 Å². The molecule has 2 aromatic carbocycles. The van der Waals surface area contributed by atoms with Crippen molar-refractivity contribution in [2.45, 2.75) is 6.92 Å². The summed E-state index contributed by atoms with van der Waals surface area (Å²) < 4.78 is 0.861. The SMILES string of the molecule is CC(=O)N(CC(=O)N(C)c1ccccc1)c1cccc(Br)c1. The minimum absolute atomic E-state index is 0.00280. The van der Waals surface area contributed by atoms with Gasteiger partial charge in [-0.1, -0.05) is 40.2 Å². The van der Waals surface area contributed by atoms with Gasteiger partial charge in [0.15, 0.2) is 0 Å². The largest absolute Gasteiger partial charge is 0.314 e. The fourth-order valence-electron chi connectivity index (χ4n) is 2.07. The first-order valence-electron chi connectivity index (χ1n) is 6.84. The maximum atomic E-state index is 12.4. The molecule has 0 N–H and O–H groups in total. The summed E-state index contributed by atoms with van der Waals surface area (Å²) in [4.78, 5) is 27.3. The molecule has 114 valence electrons. The molecule has 0 radical (unpaired) electrons. The lowest BCUT2D eigenvalue weighted by Gasteiger charge is -2.24. The van der Waals surface area contributed by atoms with E-state index in [-0.39, 0.29) is 18.4 Å². The number of likely N-dealkylation sites (N-methyl/N-ethyl adjacent to an activating group) is 1. The van der Waals surface area contributed by atoms with Crippen LogP contribution < -0.4 is 9.80 Å². The Morgan fingerprint density at radius 3 is 2.23 bits per heavy atom. The normalized spacial score (nSPS) is 10.1. The van der Waals surface area contributed by atoms with Crippen molar-refractivity contribution in [3.8, 4) is 0 Å². The van der Waals surface area contributed by atoms with Crippen LogP contribution in [0.25, 0.3) is 0 Å². The van der Waals surface area contributed by atoms with Crippen LogP contribution in [0.3, 0.4) is 0 Å². The van der Waals surface area contributed by atoms with Gasteiger partial charge in [-0.2, -0.15) is 0 Å². The third kappa shape index (κ3) is 3.95. The van der Waals surface area contributed by atoms with Gasteiger partial charge in [0.1, 0.15) is 6.54 Å². The van der Waals surface area contributed by atoms with E-state index < -0.39 is 0 Å². The molecular weight excluding hydrogens is 344 g/mol. The molecule has 0 heterocycles. The maximum absolute atomic E-state index is 12.4. The number of hydrogen-bond acceptors (Lipinski definition) is 2. The van der Waals surface area contributed by atoms with Crippen molar-refractivity contribution < 1.29 is 9.59 Å². The minimum atomic E-state index is -0.173. The van der Waals surface area contributed by atoms with Gasteiger partial charge in [0.2, 0.25) is 11.8 Å². The van der Waals surface area contributed by atoms with Gasteiger partial charge < -0.3 is 9.80 Å². The summed E-state index contributed by atoms with van der Waals surface area (Å²) in [5.74, 6) is -0.325. The topological polar surface area (TPSA) is 40.6 Å². The second-order valence-electron chi connectivity index (χ2n) is 4.87. The van der Waals surface area contributed by atoms with Gasteiger partial charge in [-0.25, -0.2) is 0 Å². The number of hydrogen-bond donors (Lipinski definition) is 0. The van der Waals surface area contributed by atoms with Crippen LogP contribution in [0.15, 0.2) is 59.1 Å². The van der Waals surface area contributed by atoms with Crippen molar-refractivity contribution in [2.75, 3.05) is 23.4 Å². The van der Waals surface area contributed by atoms with E-state index >= 15 is 0 Å². The molecule has 0 fully saturated rings. The van der Waals surface area contributed by atoms with E-state index in [9.17, 15) is 9.59 Å². The molecule has 0 aliphatic heterocycles. The number of para-hydroxylation sites is 1. The van der Waals surface area contributed by atoms with Crippen molar-refractivity contribution >= 4 is 39.1 Å². The van der Waals surface area contributed by atoms with Crippen LogP contribution in [0.4, 0.5) is 11.4 Å². The first kappa shape index (κ1) is 16.2. The number of amides is 2. The third-order valence-electron chi connectivity index (χ3n) is 3.31. The molecule has 22 heavy (non-hydrogen) atoms. The van der Waals surface area contributed by atoms with E-state index in [1.807, 2.05) is 54.6 Å². The van der Waals surface area contributed by atoms with Gasteiger partial charge in [-0.05, 0) is 30.3 Å². The predicted octanol–water partition coefficient (Wildman–Crippen LogP) is 3.47. The number of carbonyl (C=O) groups is 2. The smallest absolute Gasteiger partial charge is 0.246 e. The van der Waals surface area contributed by atoms with Gasteiger partial charge in [-0.15, -0.1) is 0 Å². The molecule has 0 spiro atoms. The lowest BCUT2D eigenvalue weighted by atomic mass is 10.2. The summed E-state index contributed by atoms with van der Waals surface area (Å²) >= 11 is 3.38. The molecule has 2 amide bonds. The number of carbonyl (C=O) groups excluding carboxylic acids is 2. The molecule has 0 bridgehead atoms. The zero-order chi connectivity index (χ0) is 16.1. The van der Waals surface area contributed by atoms with Gasteiger partial charge >= 0.3 is 0 Å². The van der Waals surface area contributed by atoms with Crippen molar-refractivity contribution in [3.05, 3.63) is 59.1 Å². The van der Waals surface area contributed by atoms with Crippen LogP contribution in [-0.2, 0) is 9.59 Å². The zero-order valence-electron chi connectivity index (χ0n) is 12.5. The average Bonchev–Trinajstić information content (AvgIpc) is 2.52. The molecule has 0 saturated carbocycles. The minimum Gasteiger partial charge on any atom is -0.314 e. The Morgan fingerprint density at radius 2 is 1.64 bits per heavy atom. The molecule has 5 heteroatoms. The molecular formula is C17H17BrN2O2. The molecule has 4 nitrogen and oxygen atoms in total. The second kappa shape index (κ2) is 7.22. The number of halogens is 1. The van der Waals surface area contributed by atoms with Gasteiger partial charge in [-0.3, -0.25) is 9.59 Å². The lowest BCUT2D eigenvalue weighted by molar-refractivity contribution is -0.121. The van der Waals surface area contributed by atoms with Crippen LogP contribution in [0.1, 0.15) is 6.92 Å². The van der Waals surface area contributed by atoms with Crippen molar-refractivity contribution in [3.63, 3.8) is 0 Å². The molecule has 2 aromatic rings. The van der Waals surface area contributed by atoms with Crippen molar-refractivity contribution in [1.82, 2.24) is 0 Å². The van der Waals surface area contributed by atoms with E-state index in [1.165, 1.54) is 11.8 Å². The Balaban J connectivity index is 2.18. The summed E-state index contributed by atoms with van der Waals surface area (Å²) in [7, 11) is 1.71. The summed E-state index contributed by atoms with van der Waals surface area (Å²) in [6, 6.07) is 16.7. The van der Waals surface area contributed by atoms with E-state index in [1.54, 1.807) is 11.9 Å². The Labute approximate surface area is 138 Å². The third-order valence-corrected chi connectivity index (χ3v) is 3.80. The van der Waals surface area contributed by atoms with E-state index in [2.05, 4.69) is 15.9 Å². The monoisotopic (exact) mass is 360 g/mol. The highest BCUT2D eigenvalue weighted by molar-refractivity contribution is 9.10. The Morgan fingerprint density at radius 1 is 1.00 bits per heavy atom. The Kier molecular flexibility index (Phi) is 5.33. The molecule has 0 unspecified atom stereocenters. The Bertz CT molecular complexity index is 673. The van der Waals surface area contributed by atoms with Crippen LogP contribution >= 0.6 is 15.9 Å². The predicted molar refractivity (Wildman–Crippen MR) is 92.0 cm³/mol. The molecule has 2 rings (SSSR count). The molecule has 0 saturated heterocycles. The average molecular weight is 361 g/mol. The fraction of sp³-hybridized carbons (Fsp3) is 0.176. The van der Waals surface area contributed by atoms with E-state index in [4.69, 9.17) is 0 Å². The highest BCUT2D eigenvalue weighted by Crippen LogP contribution is 2.21. The maximum Gasteiger partial charge on any atom is 0.246 e. The summed E-state index contributed by atoms with van der Waals surface area (Å²) in [5.41, 5.74) is 1.49. The number of anilines is 2. The summed E-state index contributed by atoms with van der Waals surface area (Å²) in [6.45, 7) is 1.45. The van der Waals surface area contributed by atoms with Crippen LogP contribution in [0, 0.1) is 0 Å². The van der Waals surface area contributed by atoms with Gasteiger partial charge in [0.05, 0.1) is 0 Å². The standard InChI is InChI=1S/C17H17BrN2O2/c1-13(21)20(16-10-6-7-14(18)11-16)12-17(22)19(2)15-8-4-3-5-9-15/h3-11H,12H2,1-2H3. The van der Waals surface area contributed by atoms with E-state index in [0.29, 0.717) is 5.69 Å².